The average molecular weight is 781 g/mol. The maximum Gasteiger partial charge on any atom is 0.326 e. The lowest BCUT2D eigenvalue weighted by atomic mass is 10.0. The zero-order chi connectivity index (χ0) is 39.9. The Morgan fingerprint density at radius 2 is 1.53 bits per heavy atom. The van der Waals surface area contributed by atoms with Gasteiger partial charge in [-0.25, -0.2) is 9.78 Å². The molecule has 1 saturated heterocycles. The second-order valence-electron chi connectivity index (χ2n) is 13.2. The first kappa shape index (κ1) is 42.3. The minimum absolute atomic E-state index is 0.0269. The summed E-state index contributed by atoms with van der Waals surface area (Å²) < 4.78 is 0. The number of nitrogens with zero attached hydrogens (tertiary/aromatic N) is 2. The lowest BCUT2D eigenvalue weighted by Gasteiger charge is -2.30. The molecule has 0 saturated carbocycles. The van der Waals surface area contributed by atoms with Gasteiger partial charge in [0.25, 0.3) is 0 Å². The number of thioether (sulfide) groups is 1. The van der Waals surface area contributed by atoms with Gasteiger partial charge in [0.1, 0.15) is 36.0 Å². The standard InChI is InChI=1S/C37H48N8O9S/c1-55-15-13-27(37(53)54)41-33(49)28(17-23-9-11-25(47)12-10-23)42-34(50)30(20-46)44-35(51)31-8-5-14-45(31)36(52)29(18-24-19-39-21-40-24)43-32(48)26(38)16-22-6-3-2-4-7-22/h2-4,6-7,9-12,19,21,26-31,46-47H,5,8,13-18,20,38H2,1H3,(H,39,40)(H,41,49)(H,42,50)(H,43,48)(H,44,51)(H,53,54)/t26-,27-,28-,29-,30-,31-/m0/s1. The Bertz CT molecular complexity index is 1750. The molecule has 1 aromatic heterocycles. The first-order valence-corrected chi connectivity index (χ1v) is 19.2. The van der Waals surface area contributed by atoms with Gasteiger partial charge in [-0.3, -0.25) is 24.0 Å². The Morgan fingerprint density at radius 3 is 2.16 bits per heavy atom. The van der Waals surface area contributed by atoms with Crippen molar-refractivity contribution in [3.8, 4) is 5.75 Å². The van der Waals surface area contributed by atoms with E-state index < -0.39 is 78.4 Å². The molecule has 0 bridgehead atoms. The summed E-state index contributed by atoms with van der Waals surface area (Å²) in [5.41, 5.74) is 8.13. The Kier molecular flexibility index (Phi) is 16.0. The fraction of sp³-hybridized carbons (Fsp3) is 0.432. The number of aliphatic hydroxyl groups excluding tert-OH is 1. The van der Waals surface area contributed by atoms with Crippen molar-refractivity contribution in [3.05, 3.63) is 83.9 Å². The number of phenols is 1. The van der Waals surface area contributed by atoms with Crippen LogP contribution in [-0.2, 0) is 48.0 Å². The number of aromatic amines is 1. The van der Waals surface area contributed by atoms with Gasteiger partial charge in [0.05, 0.1) is 19.0 Å². The number of nitrogens with one attached hydrogen (secondary N) is 5. The average Bonchev–Trinajstić information content (AvgIpc) is 3.88. The monoisotopic (exact) mass is 780 g/mol. The van der Waals surface area contributed by atoms with E-state index in [9.17, 15) is 44.1 Å². The van der Waals surface area contributed by atoms with E-state index in [4.69, 9.17) is 5.73 Å². The third-order valence-corrected chi connectivity index (χ3v) is 9.76. The number of nitrogens with two attached hydrogens (primary N) is 1. The molecule has 10 N–H and O–H groups in total. The number of aromatic hydroxyl groups is 1. The maximum atomic E-state index is 14.0. The fourth-order valence-corrected chi connectivity index (χ4v) is 6.61. The van der Waals surface area contributed by atoms with Gasteiger partial charge >= 0.3 is 5.97 Å². The summed E-state index contributed by atoms with van der Waals surface area (Å²) in [6, 6.07) is 7.73. The Hall–Kier alpha value is -5.46. The number of carbonyl (C=O) groups is 6. The molecule has 0 spiro atoms. The van der Waals surface area contributed by atoms with E-state index in [1.165, 1.54) is 53.5 Å². The number of phenolic OH excluding ortho intramolecular Hbond substituents is 1. The number of benzene rings is 2. The molecule has 5 amide bonds. The minimum atomic E-state index is -1.55. The number of aliphatic carboxylic acids is 1. The van der Waals surface area contributed by atoms with Crippen LogP contribution in [-0.4, -0.2) is 127 Å². The highest BCUT2D eigenvalue weighted by Crippen LogP contribution is 2.20. The predicted molar refractivity (Wildman–Crippen MR) is 202 cm³/mol. The second kappa shape index (κ2) is 20.8. The Labute approximate surface area is 322 Å². The predicted octanol–water partition coefficient (Wildman–Crippen LogP) is -0.769. The first-order chi connectivity index (χ1) is 26.4. The van der Waals surface area contributed by atoms with Crippen LogP contribution >= 0.6 is 11.8 Å². The van der Waals surface area contributed by atoms with E-state index in [-0.39, 0.29) is 44.4 Å². The van der Waals surface area contributed by atoms with Crippen molar-refractivity contribution in [1.29, 1.82) is 0 Å². The smallest absolute Gasteiger partial charge is 0.326 e. The van der Waals surface area contributed by atoms with Crippen molar-refractivity contribution >= 4 is 47.3 Å². The summed E-state index contributed by atoms with van der Waals surface area (Å²) >= 11 is 1.40. The number of aromatic nitrogens is 2. The number of hydrogen-bond acceptors (Lipinski definition) is 11. The molecule has 2 heterocycles. The normalized spacial score (nSPS) is 16.6. The molecular weight excluding hydrogens is 733 g/mol. The van der Waals surface area contributed by atoms with Crippen LogP contribution in [0.5, 0.6) is 5.75 Å². The van der Waals surface area contributed by atoms with Crippen molar-refractivity contribution < 1.29 is 44.1 Å². The summed E-state index contributed by atoms with van der Waals surface area (Å²) in [6.07, 6.45) is 5.68. The van der Waals surface area contributed by atoms with Crippen LogP contribution in [0.15, 0.2) is 67.1 Å². The molecular formula is C37H48N8O9S. The van der Waals surface area contributed by atoms with Crippen LogP contribution < -0.4 is 27.0 Å². The minimum Gasteiger partial charge on any atom is -0.508 e. The number of amides is 5. The lowest BCUT2D eigenvalue weighted by Crippen LogP contribution is -2.60. The number of aliphatic hydroxyl groups is 1. The molecule has 0 radical (unpaired) electrons. The number of rotatable bonds is 20. The van der Waals surface area contributed by atoms with E-state index in [1.807, 2.05) is 30.3 Å². The van der Waals surface area contributed by atoms with Crippen molar-refractivity contribution in [2.45, 2.75) is 74.8 Å². The summed E-state index contributed by atoms with van der Waals surface area (Å²) in [5, 5.41) is 39.8. The second-order valence-corrected chi connectivity index (χ2v) is 14.2. The molecule has 1 aliphatic heterocycles. The quantitative estimate of drug-likeness (QED) is 0.0685. The largest absolute Gasteiger partial charge is 0.508 e. The first-order valence-electron chi connectivity index (χ1n) is 17.8. The van der Waals surface area contributed by atoms with Gasteiger partial charge in [0.15, 0.2) is 0 Å². The van der Waals surface area contributed by atoms with Crippen molar-refractivity contribution in [2.75, 3.05) is 25.2 Å². The zero-order valence-electron chi connectivity index (χ0n) is 30.4. The van der Waals surface area contributed by atoms with Crippen LogP contribution in [0, 0.1) is 0 Å². The van der Waals surface area contributed by atoms with Gasteiger partial charge in [-0.15, -0.1) is 0 Å². The van der Waals surface area contributed by atoms with E-state index in [0.29, 0.717) is 23.4 Å². The molecule has 1 fully saturated rings. The third kappa shape index (κ3) is 12.5. The van der Waals surface area contributed by atoms with Crippen molar-refractivity contribution in [2.24, 2.45) is 5.73 Å². The summed E-state index contributed by atoms with van der Waals surface area (Å²) in [7, 11) is 0. The number of carboxylic acids is 1. The van der Waals surface area contributed by atoms with E-state index >= 15 is 0 Å². The number of likely N-dealkylation sites (tertiary alicyclic amines) is 1. The molecule has 0 aliphatic carbocycles. The highest BCUT2D eigenvalue weighted by atomic mass is 32.2. The SMILES string of the molecule is CSCC[C@H](NC(=O)[C@H](Cc1ccc(O)cc1)NC(=O)[C@H](CO)NC(=O)[C@@H]1CCCN1C(=O)[C@H](Cc1cnc[nH]1)NC(=O)[C@@H](N)Cc1ccccc1)C(=O)O. The lowest BCUT2D eigenvalue weighted by molar-refractivity contribution is -0.143. The van der Waals surface area contributed by atoms with E-state index in [0.717, 1.165) is 5.56 Å². The highest BCUT2D eigenvalue weighted by Gasteiger charge is 2.40. The molecule has 17 nitrogen and oxygen atoms in total. The molecule has 296 valence electrons. The van der Waals surface area contributed by atoms with Gasteiger partial charge in [-0.05, 0) is 61.0 Å². The molecule has 3 aromatic rings. The number of hydrogen-bond donors (Lipinski definition) is 9. The molecule has 4 rings (SSSR count). The van der Waals surface area contributed by atoms with Gasteiger partial charge in [-0.1, -0.05) is 42.5 Å². The van der Waals surface area contributed by atoms with Gasteiger partial charge in [-0.2, -0.15) is 11.8 Å². The van der Waals surface area contributed by atoms with Crippen LogP contribution in [0.2, 0.25) is 0 Å². The van der Waals surface area contributed by atoms with Crippen LogP contribution in [0.3, 0.4) is 0 Å². The van der Waals surface area contributed by atoms with Crippen molar-refractivity contribution in [3.63, 3.8) is 0 Å². The van der Waals surface area contributed by atoms with E-state index in [2.05, 4.69) is 31.2 Å². The highest BCUT2D eigenvalue weighted by molar-refractivity contribution is 7.98. The molecule has 6 atom stereocenters. The van der Waals surface area contributed by atoms with Gasteiger partial charge < -0.3 is 52.2 Å². The topological polar surface area (TPSA) is 269 Å². The molecule has 55 heavy (non-hydrogen) atoms. The van der Waals surface area contributed by atoms with Crippen molar-refractivity contribution in [1.82, 2.24) is 36.1 Å². The number of carboxylic acid groups (broad SMARTS) is 1. The fourth-order valence-electron chi connectivity index (χ4n) is 6.14. The van der Waals surface area contributed by atoms with Gasteiger partial charge in [0.2, 0.25) is 29.5 Å². The Morgan fingerprint density at radius 1 is 0.873 bits per heavy atom. The summed E-state index contributed by atoms with van der Waals surface area (Å²) in [6.45, 7) is -0.691. The molecule has 18 heteroatoms. The molecule has 1 aliphatic rings. The number of carbonyl (C=O) groups excluding carboxylic acids is 5. The van der Waals surface area contributed by atoms with Gasteiger partial charge in [0, 0.05) is 31.3 Å². The third-order valence-electron chi connectivity index (χ3n) is 9.12. The Balaban J connectivity index is 1.46. The van der Waals surface area contributed by atoms with Crippen LogP contribution in [0.1, 0.15) is 36.1 Å². The molecule has 2 aromatic carbocycles. The van der Waals surface area contributed by atoms with Crippen LogP contribution in [0.4, 0.5) is 0 Å². The van der Waals surface area contributed by atoms with Crippen LogP contribution in [0.25, 0.3) is 0 Å². The number of imidazole rings is 1. The molecule has 0 unspecified atom stereocenters. The zero-order valence-corrected chi connectivity index (χ0v) is 31.2. The summed E-state index contributed by atoms with van der Waals surface area (Å²) in [4.78, 5) is 87.9. The van der Waals surface area contributed by atoms with E-state index in [1.54, 1.807) is 6.26 Å². The number of H-pyrrole nitrogens is 1. The summed E-state index contributed by atoms with van der Waals surface area (Å²) in [5.74, 6) is -4.44. The maximum absolute atomic E-state index is 14.0.